The number of para-hydroxylation sites is 1. The zero-order valence-corrected chi connectivity index (χ0v) is 23.8. The molecule has 4 rings (SSSR count). The van der Waals surface area contributed by atoms with Crippen molar-refractivity contribution in [1.29, 1.82) is 0 Å². The highest BCUT2D eigenvalue weighted by atomic mass is 32.2. The van der Waals surface area contributed by atoms with Crippen molar-refractivity contribution in [3.8, 4) is 0 Å². The van der Waals surface area contributed by atoms with Gasteiger partial charge in [0.15, 0.2) is 0 Å². The molecule has 1 heterocycles. The summed E-state index contributed by atoms with van der Waals surface area (Å²) in [6.45, 7) is 5.04. The number of esters is 1. The third-order valence-corrected chi connectivity index (χ3v) is 7.50. The van der Waals surface area contributed by atoms with Gasteiger partial charge in [-0.2, -0.15) is 0 Å². The molecule has 208 valence electrons. The minimum absolute atomic E-state index is 0.220. The number of nitrogens with one attached hydrogen (secondary N) is 1. The van der Waals surface area contributed by atoms with Crippen molar-refractivity contribution in [2.45, 2.75) is 56.9 Å². The van der Waals surface area contributed by atoms with Crippen LogP contribution in [-0.4, -0.2) is 46.3 Å². The molecular weight excluding hydrogens is 524 g/mol. The molecule has 3 aromatic carbocycles. The van der Waals surface area contributed by atoms with Crippen molar-refractivity contribution in [2.75, 3.05) is 11.4 Å². The molecule has 2 atom stereocenters. The van der Waals surface area contributed by atoms with Crippen LogP contribution in [0.5, 0.6) is 0 Å². The van der Waals surface area contributed by atoms with E-state index in [1.807, 2.05) is 54.6 Å². The fourth-order valence-corrected chi connectivity index (χ4v) is 5.55. The Bertz CT molecular complexity index is 1350. The third kappa shape index (κ3) is 7.82. The van der Waals surface area contributed by atoms with Gasteiger partial charge in [-0.25, -0.2) is 0 Å². The fourth-order valence-electron chi connectivity index (χ4n) is 4.57. The number of aryl methyl sites for hydroxylation is 1. The molecule has 0 saturated heterocycles. The first-order valence-electron chi connectivity index (χ1n) is 13.3. The summed E-state index contributed by atoms with van der Waals surface area (Å²) < 4.78 is 5.49. The van der Waals surface area contributed by atoms with E-state index in [-0.39, 0.29) is 17.6 Å². The van der Waals surface area contributed by atoms with E-state index in [1.165, 1.54) is 4.90 Å². The number of anilines is 1. The van der Waals surface area contributed by atoms with Crippen LogP contribution in [0.25, 0.3) is 0 Å². The van der Waals surface area contributed by atoms with Crippen LogP contribution < -0.4 is 10.2 Å². The summed E-state index contributed by atoms with van der Waals surface area (Å²) in [6, 6.07) is 24.8. The van der Waals surface area contributed by atoms with Gasteiger partial charge in [0.2, 0.25) is 16.9 Å². The van der Waals surface area contributed by atoms with Crippen molar-refractivity contribution < 1.29 is 23.9 Å². The molecule has 0 aliphatic carbocycles. The Hall–Kier alpha value is -3.91. The molecule has 8 heteroatoms. The molecule has 7 nitrogen and oxygen atoms in total. The summed E-state index contributed by atoms with van der Waals surface area (Å²) in [4.78, 5) is 54.7. The van der Waals surface area contributed by atoms with Gasteiger partial charge in [-0.1, -0.05) is 90.6 Å². The Morgan fingerprint density at radius 3 is 2.25 bits per heavy atom. The summed E-state index contributed by atoms with van der Waals surface area (Å²) in [6.07, 6.45) is 1.22. The van der Waals surface area contributed by atoms with E-state index in [1.54, 1.807) is 51.1 Å². The Morgan fingerprint density at radius 1 is 0.950 bits per heavy atom. The van der Waals surface area contributed by atoms with Gasteiger partial charge in [0, 0.05) is 11.3 Å². The van der Waals surface area contributed by atoms with E-state index < -0.39 is 28.8 Å². The molecule has 1 unspecified atom stereocenters. The number of carbonyl (C=O) groups is 4. The van der Waals surface area contributed by atoms with Crippen molar-refractivity contribution in [3.05, 3.63) is 102 Å². The number of hydrogen-bond acceptors (Lipinski definition) is 6. The Labute approximate surface area is 239 Å². The maximum absolute atomic E-state index is 13.8. The number of nitrogens with zero attached hydrogens (tertiary/aromatic N) is 1. The molecule has 1 N–H and O–H groups in total. The van der Waals surface area contributed by atoms with Gasteiger partial charge in [-0.15, -0.1) is 0 Å². The maximum atomic E-state index is 13.8. The Balaban J connectivity index is 1.56. The van der Waals surface area contributed by atoms with Crippen molar-refractivity contribution in [1.82, 2.24) is 5.32 Å². The highest BCUT2D eigenvalue weighted by Gasteiger charge is 2.35. The number of rotatable bonds is 8. The first-order chi connectivity index (χ1) is 19.1. The molecule has 1 aliphatic rings. The molecule has 0 aromatic heterocycles. The minimum atomic E-state index is -0.868. The Morgan fingerprint density at radius 2 is 1.57 bits per heavy atom. The van der Waals surface area contributed by atoms with Crippen LogP contribution in [0.4, 0.5) is 5.69 Å². The first-order valence-corrected chi connectivity index (χ1v) is 14.2. The molecule has 0 radical (unpaired) electrons. The predicted molar refractivity (Wildman–Crippen MR) is 157 cm³/mol. The summed E-state index contributed by atoms with van der Waals surface area (Å²) in [5, 5.41) is 1.94. The number of amides is 2. The zero-order chi connectivity index (χ0) is 28.7. The van der Waals surface area contributed by atoms with Gasteiger partial charge < -0.3 is 10.1 Å². The van der Waals surface area contributed by atoms with Crippen LogP contribution >= 0.6 is 11.8 Å². The van der Waals surface area contributed by atoms with Crippen LogP contribution in [0.2, 0.25) is 0 Å². The van der Waals surface area contributed by atoms with Gasteiger partial charge in [0.1, 0.15) is 18.2 Å². The lowest BCUT2D eigenvalue weighted by Crippen LogP contribution is -2.52. The van der Waals surface area contributed by atoms with Crippen molar-refractivity contribution in [3.63, 3.8) is 0 Å². The molecule has 0 fully saturated rings. The molecule has 0 saturated carbocycles. The van der Waals surface area contributed by atoms with E-state index in [9.17, 15) is 19.2 Å². The topological polar surface area (TPSA) is 92.8 Å². The standard InChI is InChI=1S/C32H34N2O5S/c1-32(2,3)39-28(35)21-34-26-17-11-10-14-23(26)18-19-25(30(34)37)33-29(36)27(20-22-12-6-4-7-13-22)40-31(38)24-15-8-5-9-16-24/h4-17,25,27H,18-21H2,1-3H3,(H,33,36)/t25?,27-/m0/s1. The molecule has 40 heavy (non-hydrogen) atoms. The fraction of sp³-hybridized carbons (Fsp3) is 0.312. The highest BCUT2D eigenvalue weighted by molar-refractivity contribution is 8.15. The molecular formula is C32H34N2O5S. The van der Waals surface area contributed by atoms with Gasteiger partial charge in [0.25, 0.3) is 0 Å². The van der Waals surface area contributed by atoms with Crippen molar-refractivity contribution in [2.24, 2.45) is 0 Å². The second-order valence-corrected chi connectivity index (χ2v) is 11.9. The summed E-state index contributed by atoms with van der Waals surface area (Å²) in [7, 11) is 0. The van der Waals surface area contributed by atoms with Gasteiger partial charge in [-0.3, -0.25) is 24.1 Å². The molecule has 0 bridgehead atoms. The van der Waals surface area contributed by atoms with Crippen LogP contribution in [0, 0.1) is 0 Å². The first kappa shape index (κ1) is 29.1. The number of thioether (sulfide) groups is 1. The van der Waals surface area contributed by atoms with E-state index in [0.29, 0.717) is 30.5 Å². The van der Waals surface area contributed by atoms with Crippen LogP contribution in [0.1, 0.15) is 48.7 Å². The number of fused-ring (bicyclic) bond motifs is 1. The normalized spacial score (nSPS) is 15.9. The number of ether oxygens (including phenoxy) is 1. The third-order valence-electron chi connectivity index (χ3n) is 6.39. The molecule has 3 aromatic rings. The lowest BCUT2D eigenvalue weighted by atomic mass is 10.1. The largest absolute Gasteiger partial charge is 0.459 e. The minimum Gasteiger partial charge on any atom is -0.459 e. The SMILES string of the molecule is CC(C)(C)OC(=O)CN1C(=O)C(NC(=O)[C@H](Cc2ccccc2)SC(=O)c2ccccc2)CCc2ccccc21. The summed E-state index contributed by atoms with van der Waals surface area (Å²) >= 11 is 0.951. The molecule has 0 spiro atoms. The lowest BCUT2D eigenvalue weighted by Gasteiger charge is -2.28. The average molecular weight is 559 g/mol. The van der Waals surface area contributed by atoms with Gasteiger partial charge in [0.05, 0.1) is 5.25 Å². The maximum Gasteiger partial charge on any atom is 0.326 e. The molecule has 1 aliphatic heterocycles. The summed E-state index contributed by atoms with van der Waals surface area (Å²) in [5.41, 5.74) is 2.24. The number of carbonyl (C=O) groups excluding carboxylic acids is 4. The average Bonchev–Trinajstić information content (AvgIpc) is 3.05. The zero-order valence-electron chi connectivity index (χ0n) is 23.0. The van der Waals surface area contributed by atoms with Gasteiger partial charge >= 0.3 is 5.97 Å². The quantitative estimate of drug-likeness (QED) is 0.392. The second kappa shape index (κ2) is 13.0. The molecule has 2 amide bonds. The van der Waals surface area contributed by atoms with Crippen molar-refractivity contribution >= 4 is 40.3 Å². The predicted octanol–water partition coefficient (Wildman–Crippen LogP) is 4.98. The second-order valence-electron chi connectivity index (χ2n) is 10.7. The smallest absolute Gasteiger partial charge is 0.326 e. The van der Waals surface area contributed by atoms with Crippen LogP contribution in [0.15, 0.2) is 84.9 Å². The van der Waals surface area contributed by atoms with Gasteiger partial charge in [-0.05, 0) is 57.2 Å². The lowest BCUT2D eigenvalue weighted by molar-refractivity contribution is -0.153. The van der Waals surface area contributed by atoms with E-state index in [2.05, 4.69) is 5.32 Å². The Kier molecular flexibility index (Phi) is 9.42. The van der Waals surface area contributed by atoms with E-state index in [0.717, 1.165) is 22.9 Å². The van der Waals surface area contributed by atoms with E-state index >= 15 is 0 Å². The number of benzene rings is 3. The van der Waals surface area contributed by atoms with Crippen LogP contribution in [0.3, 0.4) is 0 Å². The monoisotopic (exact) mass is 558 g/mol. The number of hydrogen-bond donors (Lipinski definition) is 1. The van der Waals surface area contributed by atoms with E-state index in [4.69, 9.17) is 4.74 Å². The highest BCUT2D eigenvalue weighted by Crippen LogP contribution is 2.28. The van der Waals surface area contributed by atoms with Crippen LogP contribution in [-0.2, 0) is 32.0 Å². The summed E-state index contributed by atoms with van der Waals surface area (Å²) in [5.74, 6) is -1.32.